The second-order valence-corrected chi connectivity index (χ2v) is 9.29. The molecule has 0 amide bonds. The van der Waals surface area contributed by atoms with E-state index in [9.17, 15) is 8.42 Å². The predicted molar refractivity (Wildman–Crippen MR) is 87.8 cm³/mol. The van der Waals surface area contributed by atoms with E-state index in [2.05, 4.69) is 11.8 Å². The lowest BCUT2D eigenvalue weighted by Gasteiger charge is -2.39. The minimum absolute atomic E-state index is 0.204. The molecule has 0 radical (unpaired) electrons. The molecule has 1 saturated heterocycles. The van der Waals surface area contributed by atoms with Crippen molar-refractivity contribution in [1.82, 2.24) is 9.21 Å². The van der Waals surface area contributed by atoms with Crippen molar-refractivity contribution in [2.75, 3.05) is 32.4 Å². The fourth-order valence-electron chi connectivity index (χ4n) is 3.89. The van der Waals surface area contributed by atoms with Gasteiger partial charge in [-0.05, 0) is 51.1 Å². The third-order valence-electron chi connectivity index (χ3n) is 5.66. The van der Waals surface area contributed by atoms with Crippen molar-refractivity contribution in [2.24, 2.45) is 11.8 Å². The largest absolute Gasteiger partial charge is 0.303 e. The Hall–Kier alpha value is -0.130. The third kappa shape index (κ3) is 4.42. The first kappa shape index (κ1) is 17.2. The number of sulfonamides is 1. The van der Waals surface area contributed by atoms with Gasteiger partial charge in [-0.25, -0.2) is 12.7 Å². The maximum atomic E-state index is 12.0. The fourth-order valence-corrected chi connectivity index (χ4v) is 4.96. The van der Waals surface area contributed by atoms with Crippen LogP contribution in [0.3, 0.4) is 0 Å². The lowest BCUT2D eigenvalue weighted by molar-refractivity contribution is 0.117. The zero-order valence-corrected chi connectivity index (χ0v) is 14.7. The molecular formula is C16H32N2O2S. The van der Waals surface area contributed by atoms with Crippen molar-refractivity contribution in [3.63, 3.8) is 0 Å². The van der Waals surface area contributed by atoms with Crippen molar-refractivity contribution in [3.8, 4) is 0 Å². The lowest BCUT2D eigenvalue weighted by atomic mass is 9.80. The molecule has 0 aromatic heterocycles. The second kappa shape index (κ2) is 7.42. The molecule has 1 aliphatic heterocycles. The summed E-state index contributed by atoms with van der Waals surface area (Å²) >= 11 is 0. The Morgan fingerprint density at radius 3 is 2.29 bits per heavy atom. The van der Waals surface area contributed by atoms with Crippen LogP contribution in [0, 0.1) is 11.8 Å². The number of nitrogens with zero attached hydrogens (tertiary/aromatic N) is 2. The van der Waals surface area contributed by atoms with Crippen LogP contribution in [0.5, 0.6) is 0 Å². The highest BCUT2D eigenvalue weighted by atomic mass is 32.2. The van der Waals surface area contributed by atoms with Gasteiger partial charge in [0.2, 0.25) is 10.0 Å². The normalized spacial score (nSPS) is 29.9. The van der Waals surface area contributed by atoms with Gasteiger partial charge in [-0.2, -0.15) is 0 Å². The van der Waals surface area contributed by atoms with Crippen LogP contribution >= 0.6 is 0 Å². The Balaban J connectivity index is 1.80. The van der Waals surface area contributed by atoms with Crippen molar-refractivity contribution in [2.45, 2.75) is 58.4 Å². The minimum atomic E-state index is -3.04. The Kier molecular flexibility index (Phi) is 6.09. The summed E-state index contributed by atoms with van der Waals surface area (Å²) in [4.78, 5) is 2.56. The van der Waals surface area contributed by atoms with Gasteiger partial charge in [0.1, 0.15) is 0 Å². The van der Waals surface area contributed by atoms with Crippen LogP contribution < -0.4 is 0 Å². The van der Waals surface area contributed by atoms with Gasteiger partial charge in [-0.3, -0.25) is 0 Å². The molecule has 21 heavy (non-hydrogen) atoms. The molecule has 1 saturated carbocycles. The van der Waals surface area contributed by atoms with Crippen molar-refractivity contribution >= 4 is 10.0 Å². The van der Waals surface area contributed by atoms with E-state index < -0.39 is 10.0 Å². The summed E-state index contributed by atoms with van der Waals surface area (Å²) in [6.07, 6.45) is 7.53. The van der Waals surface area contributed by atoms with Crippen LogP contribution in [0.4, 0.5) is 0 Å². The summed E-state index contributed by atoms with van der Waals surface area (Å²) in [6, 6.07) is 0.204. The Morgan fingerprint density at radius 2 is 1.71 bits per heavy atom. The van der Waals surface area contributed by atoms with Crippen LogP contribution in [0.1, 0.15) is 52.4 Å². The zero-order chi connectivity index (χ0) is 15.5. The molecule has 2 aliphatic rings. The topological polar surface area (TPSA) is 40.6 Å². The number of hydrogen-bond acceptors (Lipinski definition) is 3. The molecule has 2 atom stereocenters. The van der Waals surface area contributed by atoms with Gasteiger partial charge in [-0.1, -0.05) is 26.2 Å². The first-order valence-electron chi connectivity index (χ1n) is 8.62. The standard InChI is InChI=1S/C16H32N2O2S/c1-4-21(19,20)17(3)16-9-11-18(12-10-16)13-15-8-6-5-7-14(15)2/h14-16H,4-13H2,1-3H3/t14-,15+/m0/s1. The van der Waals surface area contributed by atoms with Crippen LogP contribution in [0.15, 0.2) is 0 Å². The summed E-state index contributed by atoms with van der Waals surface area (Å²) in [7, 11) is -1.28. The van der Waals surface area contributed by atoms with Crippen molar-refractivity contribution in [3.05, 3.63) is 0 Å². The summed E-state index contributed by atoms with van der Waals surface area (Å²) < 4.78 is 25.5. The van der Waals surface area contributed by atoms with E-state index in [0.717, 1.165) is 37.8 Å². The Morgan fingerprint density at radius 1 is 1.10 bits per heavy atom. The van der Waals surface area contributed by atoms with E-state index in [-0.39, 0.29) is 11.8 Å². The Labute approximate surface area is 130 Å². The van der Waals surface area contributed by atoms with Gasteiger partial charge >= 0.3 is 0 Å². The summed E-state index contributed by atoms with van der Waals surface area (Å²) in [5.41, 5.74) is 0. The molecular weight excluding hydrogens is 284 g/mol. The highest BCUT2D eigenvalue weighted by Gasteiger charge is 2.30. The highest BCUT2D eigenvalue weighted by Crippen LogP contribution is 2.31. The second-order valence-electron chi connectivity index (χ2n) is 6.97. The molecule has 1 heterocycles. The molecule has 0 aromatic carbocycles. The van der Waals surface area contributed by atoms with Gasteiger partial charge in [0, 0.05) is 19.6 Å². The molecule has 4 nitrogen and oxygen atoms in total. The van der Waals surface area contributed by atoms with E-state index in [1.807, 2.05) is 0 Å². The molecule has 0 bridgehead atoms. The average molecular weight is 317 g/mol. The van der Waals surface area contributed by atoms with E-state index in [4.69, 9.17) is 0 Å². The quantitative estimate of drug-likeness (QED) is 0.782. The number of likely N-dealkylation sites (tertiary alicyclic amines) is 1. The van der Waals surface area contributed by atoms with Crippen molar-refractivity contribution in [1.29, 1.82) is 0 Å². The molecule has 0 unspecified atom stereocenters. The highest BCUT2D eigenvalue weighted by molar-refractivity contribution is 7.89. The van der Waals surface area contributed by atoms with Crippen LogP contribution in [0.25, 0.3) is 0 Å². The zero-order valence-electron chi connectivity index (χ0n) is 13.9. The minimum Gasteiger partial charge on any atom is -0.303 e. The number of hydrogen-bond donors (Lipinski definition) is 0. The molecule has 1 aliphatic carbocycles. The summed E-state index contributed by atoms with van der Waals surface area (Å²) in [6.45, 7) is 7.46. The van der Waals surface area contributed by atoms with E-state index in [1.54, 1.807) is 18.3 Å². The maximum absolute atomic E-state index is 12.0. The van der Waals surface area contributed by atoms with Crippen LogP contribution in [-0.2, 0) is 10.0 Å². The van der Waals surface area contributed by atoms with Crippen LogP contribution in [-0.4, -0.2) is 56.1 Å². The van der Waals surface area contributed by atoms with E-state index >= 15 is 0 Å². The maximum Gasteiger partial charge on any atom is 0.213 e. The molecule has 0 N–H and O–H groups in total. The van der Waals surface area contributed by atoms with E-state index in [1.165, 1.54) is 32.2 Å². The van der Waals surface area contributed by atoms with Gasteiger partial charge < -0.3 is 4.90 Å². The lowest BCUT2D eigenvalue weighted by Crippen LogP contribution is -2.47. The smallest absolute Gasteiger partial charge is 0.213 e. The van der Waals surface area contributed by atoms with Crippen LogP contribution in [0.2, 0.25) is 0 Å². The molecule has 0 spiro atoms. The SMILES string of the molecule is CCS(=O)(=O)N(C)C1CCN(C[C@H]2CCCC[C@@H]2C)CC1. The molecule has 0 aromatic rings. The first-order valence-corrected chi connectivity index (χ1v) is 10.2. The molecule has 2 fully saturated rings. The fraction of sp³-hybridized carbons (Fsp3) is 1.00. The van der Waals surface area contributed by atoms with Gasteiger partial charge in [0.25, 0.3) is 0 Å². The summed E-state index contributed by atoms with van der Waals surface area (Å²) in [5.74, 6) is 1.93. The summed E-state index contributed by atoms with van der Waals surface area (Å²) in [5, 5.41) is 0. The molecule has 124 valence electrons. The average Bonchev–Trinajstić information content (AvgIpc) is 2.49. The monoisotopic (exact) mass is 316 g/mol. The van der Waals surface area contributed by atoms with Crippen molar-refractivity contribution < 1.29 is 8.42 Å². The van der Waals surface area contributed by atoms with Gasteiger partial charge in [-0.15, -0.1) is 0 Å². The number of piperidine rings is 1. The van der Waals surface area contributed by atoms with E-state index in [0.29, 0.717) is 0 Å². The molecule has 2 rings (SSSR count). The first-order chi connectivity index (χ1) is 9.94. The number of rotatable bonds is 5. The Bertz CT molecular complexity index is 416. The molecule has 5 heteroatoms. The third-order valence-corrected chi connectivity index (χ3v) is 7.56. The van der Waals surface area contributed by atoms with Gasteiger partial charge in [0.15, 0.2) is 0 Å². The van der Waals surface area contributed by atoms with Gasteiger partial charge in [0.05, 0.1) is 5.75 Å². The predicted octanol–water partition coefficient (Wildman–Crippen LogP) is 2.56.